The Kier molecular flexibility index (Phi) is 4.52. The van der Waals surface area contributed by atoms with E-state index in [2.05, 4.69) is 35.0 Å². The van der Waals surface area contributed by atoms with E-state index in [1.54, 1.807) is 0 Å². The normalized spacial score (nSPS) is 13.9. The summed E-state index contributed by atoms with van der Waals surface area (Å²) in [6, 6.07) is 8.64. The molecule has 3 heteroatoms. The van der Waals surface area contributed by atoms with Gasteiger partial charge >= 0.3 is 0 Å². The minimum absolute atomic E-state index is 0. The first kappa shape index (κ1) is 11.6. The number of benzene rings is 1. The van der Waals surface area contributed by atoms with Gasteiger partial charge in [0.1, 0.15) is 0 Å². The van der Waals surface area contributed by atoms with E-state index in [0.717, 1.165) is 12.3 Å². The second kappa shape index (κ2) is 5.44. The highest BCUT2D eigenvalue weighted by molar-refractivity contribution is 8.01. The molecule has 0 amide bonds. The van der Waals surface area contributed by atoms with Crippen molar-refractivity contribution in [1.82, 2.24) is 5.32 Å². The first-order valence-corrected chi connectivity index (χ1v) is 5.50. The number of halogens is 1. The molecule has 0 unspecified atom stereocenters. The van der Waals surface area contributed by atoms with Crippen LogP contribution in [0.2, 0.25) is 0 Å². The zero-order valence-electron chi connectivity index (χ0n) is 8.12. The Morgan fingerprint density at radius 2 is 2.14 bits per heavy atom. The molecule has 0 bridgehead atoms. The van der Waals surface area contributed by atoms with Gasteiger partial charge in [-0.3, -0.25) is 0 Å². The molecule has 14 heavy (non-hydrogen) atoms. The summed E-state index contributed by atoms with van der Waals surface area (Å²) in [6.07, 6.45) is 0. The smallest absolute Gasteiger partial charge is 0.0232 e. The fraction of sp³-hybridized carbons (Fsp3) is 0.273. The van der Waals surface area contributed by atoms with Crippen LogP contribution in [0.5, 0.6) is 0 Å². The van der Waals surface area contributed by atoms with Gasteiger partial charge in [-0.1, -0.05) is 24.3 Å². The maximum Gasteiger partial charge on any atom is 0.0232 e. The van der Waals surface area contributed by atoms with E-state index in [-0.39, 0.29) is 12.4 Å². The Balaban J connectivity index is 0.000000980. The van der Waals surface area contributed by atoms with Crippen LogP contribution in [0.3, 0.4) is 0 Å². The molecule has 0 saturated heterocycles. The summed E-state index contributed by atoms with van der Waals surface area (Å²) < 4.78 is 0. The topological polar surface area (TPSA) is 12.0 Å². The lowest BCUT2D eigenvalue weighted by Crippen LogP contribution is -2.11. The molecule has 0 aromatic heterocycles. The highest BCUT2D eigenvalue weighted by atomic mass is 35.5. The molecule has 0 atom stereocenters. The predicted octanol–water partition coefficient (Wildman–Crippen LogP) is 2.92. The van der Waals surface area contributed by atoms with Gasteiger partial charge in [0.05, 0.1) is 0 Å². The van der Waals surface area contributed by atoms with Gasteiger partial charge in [-0.25, -0.2) is 0 Å². The van der Waals surface area contributed by atoms with Gasteiger partial charge in [0.15, 0.2) is 0 Å². The standard InChI is InChI=1S/C11H13NS.ClH/c1-12-6-10-8-13-7-9-4-2-3-5-11(9)10;/h2-5,8,12H,6-7H2,1H3;1H. The molecule has 0 aliphatic carbocycles. The molecule has 0 saturated carbocycles. The third-order valence-electron chi connectivity index (χ3n) is 2.19. The summed E-state index contributed by atoms with van der Waals surface area (Å²) >= 11 is 1.88. The molecule has 0 spiro atoms. The van der Waals surface area contributed by atoms with Crippen LogP contribution in [0.4, 0.5) is 0 Å². The molecular weight excluding hydrogens is 214 g/mol. The fourth-order valence-corrected chi connectivity index (χ4v) is 2.51. The van der Waals surface area contributed by atoms with Crippen LogP contribution >= 0.6 is 24.2 Å². The molecule has 76 valence electrons. The molecule has 2 rings (SSSR count). The Labute approximate surface area is 95.4 Å². The van der Waals surface area contributed by atoms with Crippen molar-refractivity contribution in [3.63, 3.8) is 0 Å². The first-order chi connectivity index (χ1) is 6.42. The van der Waals surface area contributed by atoms with E-state index < -0.39 is 0 Å². The minimum atomic E-state index is 0. The molecule has 1 aliphatic heterocycles. The molecule has 1 aromatic rings. The first-order valence-electron chi connectivity index (χ1n) is 4.45. The van der Waals surface area contributed by atoms with Gasteiger partial charge in [0, 0.05) is 12.3 Å². The van der Waals surface area contributed by atoms with E-state index in [1.807, 2.05) is 18.8 Å². The second-order valence-electron chi connectivity index (χ2n) is 3.14. The number of thioether (sulfide) groups is 1. The van der Waals surface area contributed by atoms with Crippen molar-refractivity contribution in [3.05, 3.63) is 40.8 Å². The molecule has 1 N–H and O–H groups in total. The summed E-state index contributed by atoms with van der Waals surface area (Å²) in [6.45, 7) is 0.962. The van der Waals surface area contributed by atoms with E-state index >= 15 is 0 Å². The molecule has 1 heterocycles. The number of rotatable bonds is 2. The molecule has 1 aliphatic rings. The van der Waals surface area contributed by atoms with Crippen molar-refractivity contribution in [2.75, 3.05) is 13.6 Å². The van der Waals surface area contributed by atoms with Crippen LogP contribution in [0.25, 0.3) is 5.57 Å². The Morgan fingerprint density at radius 1 is 1.36 bits per heavy atom. The van der Waals surface area contributed by atoms with Gasteiger partial charge < -0.3 is 5.32 Å². The van der Waals surface area contributed by atoms with Crippen molar-refractivity contribution >= 4 is 29.7 Å². The molecular formula is C11H14ClNS. The van der Waals surface area contributed by atoms with Crippen molar-refractivity contribution in [2.45, 2.75) is 5.75 Å². The Morgan fingerprint density at radius 3 is 2.93 bits per heavy atom. The average Bonchev–Trinajstić information content (AvgIpc) is 2.19. The van der Waals surface area contributed by atoms with Crippen molar-refractivity contribution in [2.24, 2.45) is 0 Å². The molecule has 1 nitrogen and oxygen atoms in total. The molecule has 0 fully saturated rings. The van der Waals surface area contributed by atoms with Gasteiger partial charge in [-0.2, -0.15) is 0 Å². The van der Waals surface area contributed by atoms with Crippen molar-refractivity contribution in [3.8, 4) is 0 Å². The summed E-state index contributed by atoms with van der Waals surface area (Å²) in [5.74, 6) is 1.11. The van der Waals surface area contributed by atoms with Crippen molar-refractivity contribution in [1.29, 1.82) is 0 Å². The van der Waals surface area contributed by atoms with Gasteiger partial charge in [-0.15, -0.1) is 24.2 Å². The number of likely N-dealkylation sites (N-methyl/N-ethyl adjacent to an activating group) is 1. The number of fused-ring (bicyclic) bond motifs is 1. The lowest BCUT2D eigenvalue weighted by atomic mass is 10.0. The molecule has 1 aromatic carbocycles. The van der Waals surface area contributed by atoms with Crippen LogP contribution in [0.15, 0.2) is 29.7 Å². The quantitative estimate of drug-likeness (QED) is 0.834. The third-order valence-corrected chi connectivity index (χ3v) is 3.12. The predicted molar refractivity (Wildman–Crippen MR) is 66.9 cm³/mol. The lowest BCUT2D eigenvalue weighted by Gasteiger charge is -2.16. The second-order valence-corrected chi connectivity index (χ2v) is 4.00. The Hall–Kier alpha value is -0.440. The minimum Gasteiger partial charge on any atom is -0.316 e. The van der Waals surface area contributed by atoms with Crippen LogP contribution < -0.4 is 5.32 Å². The van der Waals surface area contributed by atoms with E-state index in [9.17, 15) is 0 Å². The summed E-state index contributed by atoms with van der Waals surface area (Å²) in [4.78, 5) is 0. The highest BCUT2D eigenvalue weighted by Gasteiger charge is 2.10. The van der Waals surface area contributed by atoms with E-state index in [1.165, 1.54) is 16.7 Å². The van der Waals surface area contributed by atoms with Crippen LogP contribution in [0.1, 0.15) is 11.1 Å². The molecule has 0 radical (unpaired) electrons. The fourth-order valence-electron chi connectivity index (χ4n) is 1.58. The maximum atomic E-state index is 3.20. The van der Waals surface area contributed by atoms with Gasteiger partial charge in [-0.05, 0) is 29.2 Å². The van der Waals surface area contributed by atoms with Gasteiger partial charge in [0.2, 0.25) is 0 Å². The Bertz CT molecular complexity index is 336. The van der Waals surface area contributed by atoms with E-state index in [4.69, 9.17) is 0 Å². The zero-order valence-corrected chi connectivity index (χ0v) is 9.75. The van der Waals surface area contributed by atoms with Crippen LogP contribution in [-0.4, -0.2) is 13.6 Å². The highest BCUT2D eigenvalue weighted by Crippen LogP contribution is 2.30. The third kappa shape index (κ3) is 2.32. The van der Waals surface area contributed by atoms with Crippen LogP contribution in [0, 0.1) is 0 Å². The number of nitrogens with one attached hydrogen (secondary N) is 1. The number of hydrogen-bond donors (Lipinski definition) is 1. The monoisotopic (exact) mass is 227 g/mol. The largest absolute Gasteiger partial charge is 0.316 e. The summed E-state index contributed by atoms with van der Waals surface area (Å²) in [7, 11) is 1.99. The SMILES string of the molecule is CNCC1=CSCc2ccccc21.Cl. The van der Waals surface area contributed by atoms with Gasteiger partial charge in [0.25, 0.3) is 0 Å². The van der Waals surface area contributed by atoms with Crippen molar-refractivity contribution < 1.29 is 0 Å². The average molecular weight is 228 g/mol. The zero-order chi connectivity index (χ0) is 9.10. The van der Waals surface area contributed by atoms with Crippen LogP contribution in [-0.2, 0) is 5.75 Å². The summed E-state index contributed by atoms with van der Waals surface area (Å²) in [5.41, 5.74) is 4.28. The summed E-state index contributed by atoms with van der Waals surface area (Å²) in [5, 5.41) is 5.46. The number of hydrogen-bond acceptors (Lipinski definition) is 2. The van der Waals surface area contributed by atoms with E-state index in [0.29, 0.717) is 0 Å². The maximum absolute atomic E-state index is 3.20. The lowest BCUT2D eigenvalue weighted by molar-refractivity contribution is 0.930.